The lowest BCUT2D eigenvalue weighted by atomic mass is 9.98. The molecule has 0 bridgehead atoms. The van der Waals surface area contributed by atoms with Gasteiger partial charge in [-0.15, -0.1) is 0 Å². The highest BCUT2D eigenvalue weighted by Crippen LogP contribution is 2.45. The number of nitrogens with zero attached hydrogens (tertiary/aromatic N) is 5. The Kier molecular flexibility index (Phi) is 3.50. The first-order valence-corrected chi connectivity index (χ1v) is 8.24. The zero-order valence-electron chi connectivity index (χ0n) is 14.2. The highest BCUT2D eigenvalue weighted by atomic mass is 15.3. The van der Waals surface area contributed by atoms with Gasteiger partial charge in [0.25, 0.3) is 0 Å². The first-order valence-electron chi connectivity index (χ1n) is 8.24. The maximum Gasteiger partial charge on any atom is 0.142 e. The van der Waals surface area contributed by atoms with E-state index >= 15 is 0 Å². The van der Waals surface area contributed by atoms with Crippen molar-refractivity contribution in [3.8, 4) is 28.6 Å². The van der Waals surface area contributed by atoms with Crippen molar-refractivity contribution >= 4 is 5.82 Å². The molecule has 1 aliphatic carbocycles. The second kappa shape index (κ2) is 5.71. The molecule has 0 unspecified atom stereocenters. The molecular weight excluding hydrogens is 312 g/mol. The second-order valence-corrected chi connectivity index (χ2v) is 6.49. The molecule has 6 heteroatoms. The smallest absolute Gasteiger partial charge is 0.142 e. The summed E-state index contributed by atoms with van der Waals surface area (Å²) in [6.07, 6.45) is 5.92. The average Bonchev–Trinajstić information content (AvgIpc) is 3.36. The minimum absolute atomic E-state index is 0.225. The molecule has 3 heterocycles. The molecule has 0 saturated heterocycles. The lowest BCUT2D eigenvalue weighted by Gasteiger charge is -2.11. The quantitative estimate of drug-likeness (QED) is 0.796. The molecular formula is C19H18N6. The zero-order chi connectivity index (χ0) is 17.6. The van der Waals surface area contributed by atoms with Crippen LogP contribution in [0.25, 0.3) is 22.5 Å². The average molecular weight is 330 g/mol. The summed E-state index contributed by atoms with van der Waals surface area (Å²) in [5.41, 5.74) is 11.9. The fourth-order valence-corrected chi connectivity index (χ4v) is 3.14. The third-order valence-corrected chi connectivity index (χ3v) is 4.57. The van der Waals surface area contributed by atoms with E-state index < -0.39 is 0 Å². The van der Waals surface area contributed by atoms with Gasteiger partial charge in [-0.1, -0.05) is 6.07 Å². The molecule has 2 N–H and O–H groups in total. The third kappa shape index (κ3) is 2.64. The van der Waals surface area contributed by atoms with Gasteiger partial charge in [0.15, 0.2) is 0 Å². The summed E-state index contributed by atoms with van der Waals surface area (Å²) < 4.78 is 1.90. The Hall–Kier alpha value is -3.20. The van der Waals surface area contributed by atoms with Crippen LogP contribution in [0.5, 0.6) is 0 Å². The van der Waals surface area contributed by atoms with E-state index in [-0.39, 0.29) is 5.82 Å². The van der Waals surface area contributed by atoms with E-state index in [9.17, 15) is 5.26 Å². The van der Waals surface area contributed by atoms with E-state index in [0.29, 0.717) is 17.2 Å². The first-order chi connectivity index (χ1) is 12.1. The van der Waals surface area contributed by atoms with E-state index in [1.807, 2.05) is 43.0 Å². The van der Waals surface area contributed by atoms with Crippen LogP contribution in [-0.4, -0.2) is 19.7 Å². The van der Waals surface area contributed by atoms with Gasteiger partial charge in [-0.25, -0.2) is 4.98 Å². The van der Waals surface area contributed by atoms with Crippen molar-refractivity contribution in [2.24, 2.45) is 7.05 Å². The Labute approximate surface area is 146 Å². The Morgan fingerprint density at radius 1 is 1.20 bits per heavy atom. The molecule has 1 fully saturated rings. The van der Waals surface area contributed by atoms with E-state index in [1.54, 1.807) is 6.20 Å². The van der Waals surface area contributed by atoms with Crippen molar-refractivity contribution in [3.63, 3.8) is 0 Å². The van der Waals surface area contributed by atoms with Gasteiger partial charge in [-0.05, 0) is 37.5 Å². The van der Waals surface area contributed by atoms with Gasteiger partial charge in [0.2, 0.25) is 0 Å². The highest BCUT2D eigenvalue weighted by Gasteiger charge is 2.31. The van der Waals surface area contributed by atoms with Crippen LogP contribution in [0.3, 0.4) is 0 Å². The van der Waals surface area contributed by atoms with Crippen LogP contribution in [0.15, 0.2) is 30.6 Å². The number of anilines is 1. The number of nitrogen functional groups attached to an aromatic ring is 1. The van der Waals surface area contributed by atoms with Gasteiger partial charge in [0.1, 0.15) is 17.5 Å². The van der Waals surface area contributed by atoms with Crippen LogP contribution < -0.4 is 5.73 Å². The monoisotopic (exact) mass is 330 g/mol. The fraction of sp³-hybridized carbons (Fsp3) is 0.263. The molecule has 124 valence electrons. The van der Waals surface area contributed by atoms with E-state index in [2.05, 4.69) is 21.1 Å². The lowest BCUT2D eigenvalue weighted by molar-refractivity contribution is 0.714. The number of nitrogens with two attached hydrogens (primary N) is 1. The SMILES string of the molecule is Cc1ccc(-c2cc(-c3cnn(C)c3C3CC3)c(C#N)c(N)n2)nc1. The molecule has 25 heavy (non-hydrogen) atoms. The summed E-state index contributed by atoms with van der Waals surface area (Å²) in [5.74, 6) is 0.729. The highest BCUT2D eigenvalue weighted by molar-refractivity contribution is 5.80. The van der Waals surface area contributed by atoms with Gasteiger partial charge in [0.05, 0.1) is 17.6 Å². The van der Waals surface area contributed by atoms with Gasteiger partial charge < -0.3 is 5.73 Å². The molecule has 6 nitrogen and oxygen atoms in total. The summed E-state index contributed by atoms with van der Waals surface area (Å²) in [6, 6.07) is 8.00. The van der Waals surface area contributed by atoms with Crippen molar-refractivity contribution in [2.75, 3.05) is 5.73 Å². The largest absolute Gasteiger partial charge is 0.383 e. The number of rotatable bonds is 3. The lowest BCUT2D eigenvalue weighted by Crippen LogP contribution is -2.02. The number of aromatic nitrogens is 4. The zero-order valence-corrected chi connectivity index (χ0v) is 14.2. The predicted octanol–water partition coefficient (Wildman–Crippen LogP) is 3.18. The van der Waals surface area contributed by atoms with Crippen LogP contribution >= 0.6 is 0 Å². The molecule has 0 spiro atoms. The Bertz CT molecular complexity index is 990. The van der Waals surface area contributed by atoms with E-state index in [4.69, 9.17) is 5.73 Å². The fourth-order valence-electron chi connectivity index (χ4n) is 3.14. The van der Waals surface area contributed by atoms with Crippen LogP contribution in [0.4, 0.5) is 5.82 Å². The molecule has 3 aromatic heterocycles. The minimum atomic E-state index is 0.225. The summed E-state index contributed by atoms with van der Waals surface area (Å²) in [7, 11) is 1.94. The van der Waals surface area contributed by atoms with Gasteiger partial charge in [0, 0.05) is 36.0 Å². The standard InChI is InChI=1S/C19H18N6/c1-11-3-6-16(22-9-11)17-7-13(14(8-20)19(21)24-17)15-10-23-25(2)18(15)12-4-5-12/h3,6-7,9-10,12H,4-5H2,1-2H3,(H2,21,24). The normalized spacial score (nSPS) is 13.6. The Morgan fingerprint density at radius 2 is 2.00 bits per heavy atom. The third-order valence-electron chi connectivity index (χ3n) is 4.57. The van der Waals surface area contributed by atoms with Crippen molar-refractivity contribution in [1.82, 2.24) is 19.7 Å². The number of aryl methyl sites for hydroxylation is 2. The van der Waals surface area contributed by atoms with Crippen LogP contribution in [0, 0.1) is 18.3 Å². The minimum Gasteiger partial charge on any atom is -0.383 e. The van der Waals surface area contributed by atoms with E-state index in [1.165, 1.54) is 0 Å². The van der Waals surface area contributed by atoms with Crippen molar-refractivity contribution in [1.29, 1.82) is 5.26 Å². The van der Waals surface area contributed by atoms with Gasteiger partial charge in [-0.2, -0.15) is 10.4 Å². The summed E-state index contributed by atoms with van der Waals surface area (Å²) >= 11 is 0. The maximum atomic E-state index is 9.60. The molecule has 0 aromatic carbocycles. The van der Waals surface area contributed by atoms with Crippen molar-refractivity contribution < 1.29 is 0 Å². The Balaban J connectivity index is 1.92. The van der Waals surface area contributed by atoms with Crippen LogP contribution in [-0.2, 0) is 7.05 Å². The molecule has 4 rings (SSSR count). The second-order valence-electron chi connectivity index (χ2n) is 6.49. The number of nitriles is 1. The van der Waals surface area contributed by atoms with Crippen LogP contribution in [0.1, 0.15) is 35.6 Å². The Morgan fingerprint density at radius 3 is 2.64 bits per heavy atom. The molecule has 0 aliphatic heterocycles. The first kappa shape index (κ1) is 15.3. The number of hydrogen-bond acceptors (Lipinski definition) is 5. The topological polar surface area (TPSA) is 93.4 Å². The van der Waals surface area contributed by atoms with Crippen molar-refractivity contribution in [2.45, 2.75) is 25.7 Å². The summed E-state index contributed by atoms with van der Waals surface area (Å²) in [4.78, 5) is 8.83. The van der Waals surface area contributed by atoms with Gasteiger partial charge >= 0.3 is 0 Å². The number of pyridine rings is 2. The molecule has 0 radical (unpaired) electrons. The predicted molar refractivity (Wildman–Crippen MR) is 95.5 cm³/mol. The summed E-state index contributed by atoms with van der Waals surface area (Å²) in [6.45, 7) is 1.99. The van der Waals surface area contributed by atoms with Gasteiger partial charge in [-0.3, -0.25) is 9.67 Å². The van der Waals surface area contributed by atoms with E-state index in [0.717, 1.165) is 40.9 Å². The number of hydrogen-bond donors (Lipinski definition) is 1. The molecule has 0 amide bonds. The molecule has 3 aromatic rings. The summed E-state index contributed by atoms with van der Waals surface area (Å²) in [5, 5.41) is 14.0. The molecule has 1 aliphatic rings. The van der Waals surface area contributed by atoms with Crippen molar-refractivity contribution in [3.05, 3.63) is 47.4 Å². The molecule has 0 atom stereocenters. The molecule has 1 saturated carbocycles. The maximum absolute atomic E-state index is 9.60. The van der Waals surface area contributed by atoms with Crippen LogP contribution in [0.2, 0.25) is 0 Å².